The van der Waals surface area contributed by atoms with Gasteiger partial charge in [0.1, 0.15) is 0 Å². The van der Waals surface area contributed by atoms with E-state index in [9.17, 15) is 9.59 Å². The summed E-state index contributed by atoms with van der Waals surface area (Å²) >= 11 is 5.90. The van der Waals surface area contributed by atoms with E-state index in [2.05, 4.69) is 20.3 Å². The number of anilines is 3. The number of aromatic nitrogens is 4. The van der Waals surface area contributed by atoms with Crippen molar-refractivity contribution in [3.63, 3.8) is 0 Å². The number of carbonyl (C=O) groups is 1. The van der Waals surface area contributed by atoms with Crippen molar-refractivity contribution >= 4 is 46.3 Å². The minimum absolute atomic E-state index is 0.00504. The summed E-state index contributed by atoms with van der Waals surface area (Å²) < 4.78 is 11.7. The maximum atomic E-state index is 12.2. The summed E-state index contributed by atoms with van der Waals surface area (Å²) in [6.45, 7) is -0.0991. The largest absolute Gasteiger partial charge is 0.457 e. The molecule has 3 N–H and O–H groups in total. The summed E-state index contributed by atoms with van der Waals surface area (Å²) in [5, 5.41) is 3.45. The Kier molecular flexibility index (Phi) is 5.80. The molecular formula is C20H17ClN6O4. The lowest BCUT2D eigenvalue weighted by Crippen LogP contribution is -2.18. The smallest absolute Gasteiger partial charge is 0.419 e. The number of rotatable bonds is 7. The highest BCUT2D eigenvalue weighted by atomic mass is 35.5. The Balaban J connectivity index is 1.37. The summed E-state index contributed by atoms with van der Waals surface area (Å²) in [6.07, 6.45) is -0.0488. The SMILES string of the molecule is Nc1nc(COC(=O)CCn2c(=O)oc3cc(Cl)ccc32)nc(Nc2ccccc2)n1. The number of nitrogens with zero attached hydrogens (tertiary/aromatic N) is 4. The van der Waals surface area contributed by atoms with Gasteiger partial charge in [0, 0.05) is 23.3 Å². The third-order valence-electron chi connectivity index (χ3n) is 4.26. The maximum absolute atomic E-state index is 12.2. The lowest BCUT2D eigenvalue weighted by Gasteiger charge is -2.08. The minimum Gasteiger partial charge on any atom is -0.457 e. The topological polar surface area (TPSA) is 138 Å². The van der Waals surface area contributed by atoms with Crippen molar-refractivity contribution in [2.24, 2.45) is 0 Å². The van der Waals surface area contributed by atoms with Crippen LogP contribution in [0.5, 0.6) is 0 Å². The Labute approximate surface area is 180 Å². The molecule has 0 aliphatic heterocycles. The third kappa shape index (κ3) is 4.98. The lowest BCUT2D eigenvalue weighted by molar-refractivity contribution is -0.145. The minimum atomic E-state index is -0.577. The molecule has 158 valence electrons. The molecule has 0 unspecified atom stereocenters. The molecule has 2 heterocycles. The number of hydrogen-bond acceptors (Lipinski definition) is 9. The first-order chi connectivity index (χ1) is 15.0. The number of oxazole rings is 1. The summed E-state index contributed by atoms with van der Waals surface area (Å²) in [6, 6.07) is 14.1. The molecule has 0 fully saturated rings. The average Bonchev–Trinajstić information content (AvgIpc) is 3.05. The molecule has 0 amide bonds. The van der Waals surface area contributed by atoms with Gasteiger partial charge in [-0.25, -0.2) is 4.79 Å². The predicted molar refractivity (Wildman–Crippen MR) is 114 cm³/mol. The van der Waals surface area contributed by atoms with Crippen molar-refractivity contribution in [2.45, 2.75) is 19.6 Å². The van der Waals surface area contributed by atoms with Crippen LogP contribution in [0.1, 0.15) is 12.2 Å². The van der Waals surface area contributed by atoms with Gasteiger partial charge in [0.15, 0.2) is 18.0 Å². The quantitative estimate of drug-likeness (QED) is 0.415. The third-order valence-corrected chi connectivity index (χ3v) is 4.50. The zero-order valence-electron chi connectivity index (χ0n) is 16.1. The zero-order chi connectivity index (χ0) is 21.8. The van der Waals surface area contributed by atoms with Gasteiger partial charge in [-0.3, -0.25) is 9.36 Å². The zero-order valence-corrected chi connectivity index (χ0v) is 16.9. The van der Waals surface area contributed by atoms with E-state index in [-0.39, 0.29) is 37.3 Å². The van der Waals surface area contributed by atoms with Crippen LogP contribution in [-0.4, -0.2) is 25.5 Å². The maximum Gasteiger partial charge on any atom is 0.419 e. The van der Waals surface area contributed by atoms with Crippen LogP contribution in [0.25, 0.3) is 11.1 Å². The van der Waals surface area contributed by atoms with Crippen molar-refractivity contribution in [3.8, 4) is 0 Å². The highest BCUT2D eigenvalue weighted by Gasteiger charge is 2.13. The van der Waals surface area contributed by atoms with E-state index >= 15 is 0 Å². The number of carbonyl (C=O) groups excluding carboxylic acids is 1. The molecule has 0 spiro atoms. The number of aryl methyl sites for hydroxylation is 1. The monoisotopic (exact) mass is 440 g/mol. The highest BCUT2D eigenvalue weighted by Crippen LogP contribution is 2.18. The molecule has 11 heteroatoms. The Morgan fingerprint density at radius 2 is 1.97 bits per heavy atom. The van der Waals surface area contributed by atoms with E-state index in [1.165, 1.54) is 4.57 Å². The standard InChI is InChI=1S/C20H17ClN6O4/c21-12-6-7-14-15(10-12)31-20(29)27(14)9-8-17(28)30-11-16-24-18(22)26-19(25-16)23-13-4-2-1-3-5-13/h1-7,10H,8-9,11H2,(H3,22,23,24,25,26). The van der Waals surface area contributed by atoms with Gasteiger partial charge in [-0.05, 0) is 24.3 Å². The van der Waals surface area contributed by atoms with E-state index in [0.717, 1.165) is 5.69 Å². The molecule has 0 saturated carbocycles. The highest BCUT2D eigenvalue weighted by molar-refractivity contribution is 6.31. The Bertz CT molecular complexity index is 1290. The fourth-order valence-electron chi connectivity index (χ4n) is 2.88. The number of nitrogen functional groups attached to an aromatic ring is 1. The van der Waals surface area contributed by atoms with Crippen molar-refractivity contribution in [1.29, 1.82) is 0 Å². The van der Waals surface area contributed by atoms with Gasteiger partial charge in [-0.1, -0.05) is 29.8 Å². The van der Waals surface area contributed by atoms with Crippen LogP contribution in [0, 0.1) is 0 Å². The summed E-state index contributed by atoms with van der Waals surface area (Å²) in [5.74, 6) is -0.687. The second-order valence-corrected chi connectivity index (χ2v) is 6.90. The van der Waals surface area contributed by atoms with Crippen LogP contribution in [0.2, 0.25) is 5.02 Å². The summed E-state index contributed by atoms with van der Waals surface area (Å²) in [5.41, 5.74) is 7.39. The van der Waals surface area contributed by atoms with Crippen molar-refractivity contribution in [2.75, 3.05) is 11.1 Å². The van der Waals surface area contributed by atoms with Gasteiger partial charge in [0.2, 0.25) is 11.9 Å². The van der Waals surface area contributed by atoms with Crippen LogP contribution in [-0.2, 0) is 22.7 Å². The van der Waals surface area contributed by atoms with Crippen LogP contribution in [0.3, 0.4) is 0 Å². The number of hydrogen-bond donors (Lipinski definition) is 2. The molecular weight excluding hydrogens is 424 g/mol. The number of halogens is 1. The van der Waals surface area contributed by atoms with Crippen LogP contribution in [0.4, 0.5) is 17.6 Å². The number of para-hydroxylation sites is 1. The molecule has 31 heavy (non-hydrogen) atoms. The van der Waals surface area contributed by atoms with E-state index in [1.807, 2.05) is 30.3 Å². The molecule has 0 atom stereocenters. The summed E-state index contributed by atoms with van der Waals surface area (Å²) in [7, 11) is 0. The fraction of sp³-hybridized carbons (Fsp3) is 0.150. The molecule has 0 bridgehead atoms. The molecule has 0 aliphatic carbocycles. The van der Waals surface area contributed by atoms with Gasteiger partial charge in [-0.2, -0.15) is 15.0 Å². The number of esters is 1. The van der Waals surface area contributed by atoms with Crippen LogP contribution >= 0.6 is 11.6 Å². The molecule has 0 radical (unpaired) electrons. The predicted octanol–water partition coefficient (Wildman–Crippen LogP) is 2.89. The first kappa shape index (κ1) is 20.4. The molecule has 2 aromatic heterocycles. The Hall–Kier alpha value is -3.92. The number of nitrogens with one attached hydrogen (secondary N) is 1. The van der Waals surface area contributed by atoms with E-state index in [0.29, 0.717) is 16.1 Å². The van der Waals surface area contributed by atoms with E-state index < -0.39 is 11.7 Å². The second kappa shape index (κ2) is 8.84. The number of nitrogens with two attached hydrogens (primary N) is 1. The van der Waals surface area contributed by atoms with E-state index in [1.54, 1.807) is 18.2 Å². The molecule has 4 rings (SSSR count). The Morgan fingerprint density at radius 3 is 2.77 bits per heavy atom. The number of fused-ring (bicyclic) bond motifs is 1. The lowest BCUT2D eigenvalue weighted by atomic mass is 10.3. The molecule has 4 aromatic rings. The van der Waals surface area contributed by atoms with Gasteiger partial charge in [0.05, 0.1) is 11.9 Å². The van der Waals surface area contributed by atoms with Gasteiger partial charge in [-0.15, -0.1) is 0 Å². The molecule has 10 nitrogen and oxygen atoms in total. The molecule has 0 saturated heterocycles. The van der Waals surface area contributed by atoms with Gasteiger partial charge in [0.25, 0.3) is 0 Å². The second-order valence-electron chi connectivity index (χ2n) is 6.47. The van der Waals surface area contributed by atoms with E-state index in [4.69, 9.17) is 26.5 Å². The first-order valence-corrected chi connectivity index (χ1v) is 9.63. The molecule has 2 aromatic carbocycles. The summed E-state index contributed by atoms with van der Waals surface area (Å²) in [4.78, 5) is 36.4. The van der Waals surface area contributed by atoms with Gasteiger partial charge < -0.3 is 20.2 Å². The normalized spacial score (nSPS) is 10.9. The van der Waals surface area contributed by atoms with Crippen LogP contribution in [0.15, 0.2) is 57.7 Å². The van der Waals surface area contributed by atoms with Crippen molar-refractivity contribution in [3.05, 3.63) is 69.9 Å². The molecule has 0 aliphatic rings. The number of ether oxygens (including phenoxy) is 1. The average molecular weight is 441 g/mol. The number of benzene rings is 2. The van der Waals surface area contributed by atoms with Crippen LogP contribution < -0.4 is 16.8 Å². The fourth-order valence-corrected chi connectivity index (χ4v) is 3.04. The first-order valence-electron chi connectivity index (χ1n) is 9.25. The Morgan fingerprint density at radius 1 is 1.16 bits per heavy atom. The van der Waals surface area contributed by atoms with Gasteiger partial charge >= 0.3 is 11.7 Å². The van der Waals surface area contributed by atoms with Crippen molar-refractivity contribution in [1.82, 2.24) is 19.5 Å². The van der Waals surface area contributed by atoms with Crippen molar-refractivity contribution < 1.29 is 13.9 Å².